The third kappa shape index (κ3) is 11.1. The monoisotopic (exact) mass is 617 g/mol. The summed E-state index contributed by atoms with van der Waals surface area (Å²) in [5.74, 6) is 0.352. The number of likely N-dealkylation sites (tertiary alicyclic amines) is 1. The molecule has 1 heterocycles. The van der Waals surface area contributed by atoms with Gasteiger partial charge in [-0.15, -0.1) is 0 Å². The van der Waals surface area contributed by atoms with E-state index in [2.05, 4.69) is 53.4 Å². The van der Waals surface area contributed by atoms with Crippen molar-refractivity contribution in [1.29, 1.82) is 0 Å². The van der Waals surface area contributed by atoms with E-state index in [0.717, 1.165) is 50.5 Å². The third-order valence-electron chi connectivity index (χ3n) is 7.28. The highest BCUT2D eigenvalue weighted by atomic mass is 16.7. The van der Waals surface area contributed by atoms with E-state index in [1.807, 2.05) is 12.1 Å². The minimum atomic E-state index is -1.02. The maximum absolute atomic E-state index is 10.8. The summed E-state index contributed by atoms with van der Waals surface area (Å²) in [4.78, 5) is 13.2. The normalized spacial score (nSPS) is 14.4. The molecule has 4 rings (SSSR count). The topological polar surface area (TPSA) is 95.9 Å². The molecule has 1 aliphatic rings. The summed E-state index contributed by atoms with van der Waals surface area (Å²) in [6.07, 6.45) is 8.74. The van der Waals surface area contributed by atoms with Crippen LogP contribution >= 0.6 is 0 Å². The van der Waals surface area contributed by atoms with E-state index in [1.165, 1.54) is 17.2 Å². The molecule has 45 heavy (non-hydrogen) atoms. The van der Waals surface area contributed by atoms with E-state index in [9.17, 15) is 4.79 Å². The number of ether oxygens (including phenoxy) is 6. The third-order valence-corrected chi connectivity index (χ3v) is 7.28. The Balaban J connectivity index is 1.32. The van der Waals surface area contributed by atoms with Crippen molar-refractivity contribution in [1.82, 2.24) is 4.90 Å². The highest BCUT2D eigenvalue weighted by Gasteiger charge is 2.25. The Labute approximate surface area is 265 Å². The first kappa shape index (κ1) is 33.7. The van der Waals surface area contributed by atoms with Crippen LogP contribution in [0.15, 0.2) is 91.0 Å². The lowest BCUT2D eigenvalue weighted by molar-refractivity contribution is -0.131. The van der Waals surface area contributed by atoms with Gasteiger partial charge in [0.25, 0.3) is 0 Å². The van der Waals surface area contributed by atoms with Crippen LogP contribution in [0.4, 0.5) is 0 Å². The van der Waals surface area contributed by atoms with Gasteiger partial charge in [-0.2, -0.15) is 0 Å². The molecular weight excluding hydrogens is 574 g/mol. The van der Waals surface area contributed by atoms with Crippen LogP contribution in [-0.4, -0.2) is 76.1 Å². The Morgan fingerprint density at radius 3 is 1.98 bits per heavy atom. The molecule has 0 spiro atoms. The zero-order valence-corrected chi connectivity index (χ0v) is 26.0. The van der Waals surface area contributed by atoms with Crippen molar-refractivity contribution in [2.24, 2.45) is 0 Å². The average Bonchev–Trinajstić information content (AvgIpc) is 3.07. The molecule has 1 saturated heterocycles. The zero-order valence-electron chi connectivity index (χ0n) is 26.0. The molecule has 9 heteroatoms. The molecule has 0 aromatic heterocycles. The number of allylic oxidation sites excluding steroid dienone is 2. The average molecular weight is 618 g/mol. The summed E-state index contributed by atoms with van der Waals surface area (Å²) in [7, 11) is 3.09. The number of aliphatic carboxylic acids is 1. The first-order valence-electron chi connectivity index (χ1n) is 15.2. The van der Waals surface area contributed by atoms with Crippen molar-refractivity contribution < 1.29 is 38.3 Å². The van der Waals surface area contributed by atoms with E-state index in [-0.39, 0.29) is 25.8 Å². The molecule has 0 radical (unpaired) electrons. The second-order valence-corrected chi connectivity index (χ2v) is 10.6. The van der Waals surface area contributed by atoms with Gasteiger partial charge < -0.3 is 38.4 Å². The van der Waals surface area contributed by atoms with Crippen molar-refractivity contribution in [3.05, 3.63) is 108 Å². The molecule has 1 N–H and O–H groups in total. The number of piperidine rings is 1. The summed E-state index contributed by atoms with van der Waals surface area (Å²) in [5, 5.41) is 8.82. The fraction of sp³-hybridized carbons (Fsp3) is 0.361. The number of hydrogen-bond donors (Lipinski definition) is 1. The number of methoxy groups -OCH3 is 2. The molecule has 240 valence electrons. The fourth-order valence-electron chi connectivity index (χ4n) is 5.13. The van der Waals surface area contributed by atoms with Gasteiger partial charge in [-0.25, -0.2) is 4.79 Å². The van der Waals surface area contributed by atoms with E-state index >= 15 is 0 Å². The SMILES string of the molecule is COCOc1cc(C=CC=CC(=O)O)cc(OCOC)c1OCCCN1CCC(OC(c2ccccc2)c2ccccc2)CC1. The fourth-order valence-corrected chi connectivity index (χ4v) is 5.13. The Bertz CT molecular complexity index is 1290. The van der Waals surface area contributed by atoms with Crippen molar-refractivity contribution in [2.45, 2.75) is 31.5 Å². The molecule has 0 saturated carbocycles. The molecule has 0 unspecified atom stereocenters. The number of benzene rings is 3. The lowest BCUT2D eigenvalue weighted by Crippen LogP contribution is -2.38. The molecule has 0 amide bonds. The summed E-state index contributed by atoms with van der Waals surface area (Å²) >= 11 is 0. The summed E-state index contributed by atoms with van der Waals surface area (Å²) in [5.41, 5.74) is 3.08. The lowest BCUT2D eigenvalue weighted by atomic mass is 10.00. The molecule has 3 aromatic carbocycles. The van der Waals surface area contributed by atoms with Gasteiger partial charge in [0.2, 0.25) is 5.75 Å². The largest absolute Gasteiger partial charge is 0.486 e. The summed E-state index contributed by atoms with van der Waals surface area (Å²) < 4.78 is 34.8. The number of carbonyl (C=O) groups is 1. The molecule has 0 aliphatic carbocycles. The van der Waals surface area contributed by atoms with Crippen molar-refractivity contribution >= 4 is 12.0 Å². The van der Waals surface area contributed by atoms with Gasteiger partial charge in [-0.3, -0.25) is 0 Å². The first-order chi connectivity index (χ1) is 22.1. The van der Waals surface area contributed by atoms with Gasteiger partial charge in [0.1, 0.15) is 6.10 Å². The van der Waals surface area contributed by atoms with Crippen LogP contribution in [0.2, 0.25) is 0 Å². The van der Waals surface area contributed by atoms with E-state index in [1.54, 1.807) is 38.5 Å². The molecule has 0 bridgehead atoms. The predicted molar refractivity (Wildman–Crippen MR) is 173 cm³/mol. The van der Waals surface area contributed by atoms with Gasteiger partial charge in [-0.05, 0) is 48.1 Å². The van der Waals surface area contributed by atoms with Crippen LogP contribution in [0.3, 0.4) is 0 Å². The predicted octanol–water partition coefficient (Wildman–Crippen LogP) is 6.35. The Kier molecular flexibility index (Phi) is 14.0. The van der Waals surface area contributed by atoms with Crippen LogP contribution in [-0.2, 0) is 19.0 Å². The minimum Gasteiger partial charge on any atom is -0.486 e. The standard InChI is InChI=1S/C36H43NO8/c1-40-26-43-32-24-28(12-9-10-17-34(38)39)25-33(44-27-41-2)36(32)42-23-11-20-37-21-18-31(19-22-37)45-35(29-13-5-3-6-14-29)30-15-7-4-8-16-30/h3-10,12-17,24-25,31,35H,11,18-23,26-27H2,1-2H3,(H,38,39). The summed E-state index contributed by atoms with van der Waals surface area (Å²) in [6.45, 7) is 3.33. The molecular formula is C36H43NO8. The molecule has 1 aliphatic heterocycles. The van der Waals surface area contributed by atoms with Crippen LogP contribution < -0.4 is 14.2 Å². The van der Waals surface area contributed by atoms with Crippen molar-refractivity contribution in [3.8, 4) is 17.2 Å². The molecule has 1 fully saturated rings. The van der Waals surface area contributed by atoms with Crippen LogP contribution in [0.5, 0.6) is 17.2 Å². The zero-order chi connectivity index (χ0) is 31.7. The van der Waals surface area contributed by atoms with Crippen LogP contribution in [0.1, 0.15) is 42.1 Å². The number of carboxylic acids is 1. The maximum Gasteiger partial charge on any atom is 0.328 e. The van der Waals surface area contributed by atoms with Gasteiger partial charge in [0.05, 0.1) is 12.7 Å². The van der Waals surface area contributed by atoms with Gasteiger partial charge in [0.15, 0.2) is 25.1 Å². The minimum absolute atomic E-state index is 0.0264. The van der Waals surface area contributed by atoms with Crippen LogP contribution in [0.25, 0.3) is 6.08 Å². The maximum atomic E-state index is 10.8. The molecule has 9 nitrogen and oxygen atoms in total. The number of carboxylic acid groups (broad SMARTS) is 1. The first-order valence-corrected chi connectivity index (χ1v) is 15.2. The van der Waals surface area contributed by atoms with Crippen LogP contribution in [0, 0.1) is 0 Å². The Hall–Kier alpha value is -4.15. The Morgan fingerprint density at radius 2 is 1.44 bits per heavy atom. The quantitative estimate of drug-likeness (QED) is 0.0759. The van der Waals surface area contributed by atoms with E-state index in [4.69, 9.17) is 33.5 Å². The molecule has 0 atom stereocenters. The second kappa shape index (κ2) is 18.6. The smallest absolute Gasteiger partial charge is 0.328 e. The summed E-state index contributed by atoms with van der Waals surface area (Å²) in [6, 6.07) is 24.4. The van der Waals surface area contributed by atoms with Gasteiger partial charge in [-0.1, -0.05) is 78.9 Å². The Morgan fingerprint density at radius 1 is 0.867 bits per heavy atom. The highest BCUT2D eigenvalue weighted by Crippen LogP contribution is 2.40. The molecule has 3 aromatic rings. The van der Waals surface area contributed by atoms with Crippen molar-refractivity contribution in [3.63, 3.8) is 0 Å². The highest BCUT2D eigenvalue weighted by molar-refractivity contribution is 5.80. The second-order valence-electron chi connectivity index (χ2n) is 10.6. The van der Waals surface area contributed by atoms with Crippen molar-refractivity contribution in [2.75, 3.05) is 54.0 Å². The number of hydrogen-bond acceptors (Lipinski definition) is 8. The lowest BCUT2D eigenvalue weighted by Gasteiger charge is -2.34. The number of rotatable bonds is 18. The van der Waals surface area contributed by atoms with Gasteiger partial charge in [0, 0.05) is 39.9 Å². The number of nitrogens with zero attached hydrogens (tertiary/aromatic N) is 1. The van der Waals surface area contributed by atoms with E-state index in [0.29, 0.717) is 23.9 Å². The van der Waals surface area contributed by atoms with Gasteiger partial charge >= 0.3 is 5.97 Å². The van der Waals surface area contributed by atoms with E-state index < -0.39 is 5.97 Å².